The first-order chi connectivity index (χ1) is 20.3. The number of benzene rings is 3. The normalized spacial score (nSPS) is 14.2. The summed E-state index contributed by atoms with van der Waals surface area (Å²) in [4.78, 5) is 30.9. The third kappa shape index (κ3) is 6.23. The van der Waals surface area contributed by atoms with Gasteiger partial charge in [0.2, 0.25) is 0 Å². The number of fused-ring (bicyclic) bond motifs is 1. The summed E-state index contributed by atoms with van der Waals surface area (Å²) in [5.41, 5.74) is 4.57. The molecule has 0 spiro atoms. The number of pyridine rings is 1. The molecule has 1 amide bonds. The van der Waals surface area contributed by atoms with Crippen LogP contribution in [0, 0.1) is 0 Å². The summed E-state index contributed by atoms with van der Waals surface area (Å²) in [6.45, 7) is 4.46. The molecule has 3 heterocycles. The highest BCUT2D eigenvalue weighted by Gasteiger charge is 2.30. The van der Waals surface area contributed by atoms with E-state index < -0.39 is 17.6 Å². The molecule has 1 aliphatic heterocycles. The lowest BCUT2D eigenvalue weighted by molar-refractivity contribution is -0.137. The van der Waals surface area contributed by atoms with E-state index in [0.29, 0.717) is 5.69 Å². The topological polar surface area (TPSA) is 74.2 Å². The van der Waals surface area contributed by atoms with Gasteiger partial charge in [-0.15, -0.1) is 0 Å². The minimum atomic E-state index is -4.45. The van der Waals surface area contributed by atoms with Gasteiger partial charge >= 0.3 is 6.18 Å². The first-order valence-electron chi connectivity index (χ1n) is 13.5. The molecular formula is C32H27F3N6O. The Morgan fingerprint density at radius 3 is 2.26 bits per heavy atom. The fourth-order valence-electron chi connectivity index (χ4n) is 4.98. The molecule has 0 saturated carbocycles. The zero-order valence-corrected chi connectivity index (χ0v) is 22.6. The highest BCUT2D eigenvalue weighted by molar-refractivity contribution is 6.04. The van der Waals surface area contributed by atoms with E-state index in [2.05, 4.69) is 31.2 Å². The number of nitrogens with zero attached hydrogens (tertiary/aromatic N) is 5. The van der Waals surface area contributed by atoms with Crippen LogP contribution in [0.25, 0.3) is 22.2 Å². The van der Waals surface area contributed by atoms with Crippen molar-refractivity contribution in [2.45, 2.75) is 12.7 Å². The van der Waals surface area contributed by atoms with Crippen LogP contribution in [0.4, 0.5) is 24.7 Å². The van der Waals surface area contributed by atoms with E-state index in [-0.39, 0.29) is 5.56 Å². The molecule has 1 saturated heterocycles. The van der Waals surface area contributed by atoms with Crippen LogP contribution in [-0.4, -0.2) is 51.9 Å². The maximum atomic E-state index is 12.8. The summed E-state index contributed by atoms with van der Waals surface area (Å²) in [6, 6.07) is 21.4. The lowest BCUT2D eigenvalue weighted by Gasteiger charge is -2.35. The molecule has 2 aromatic heterocycles. The predicted octanol–water partition coefficient (Wildman–Crippen LogP) is 6.29. The summed E-state index contributed by atoms with van der Waals surface area (Å²) in [5, 5.41) is 2.73. The van der Waals surface area contributed by atoms with Crippen molar-refractivity contribution >= 4 is 28.4 Å². The number of aromatic nitrogens is 3. The Kier molecular flexibility index (Phi) is 7.54. The molecule has 1 fully saturated rings. The molecule has 5 aromatic rings. The third-order valence-electron chi connectivity index (χ3n) is 7.31. The highest BCUT2D eigenvalue weighted by Crippen LogP contribution is 2.30. The third-order valence-corrected chi connectivity index (χ3v) is 7.31. The van der Waals surface area contributed by atoms with Gasteiger partial charge in [0.05, 0.1) is 22.8 Å². The first kappa shape index (κ1) is 27.3. The van der Waals surface area contributed by atoms with Crippen molar-refractivity contribution in [2.24, 2.45) is 0 Å². The van der Waals surface area contributed by atoms with Crippen molar-refractivity contribution in [3.8, 4) is 11.1 Å². The standard InChI is InChI=1S/C32H27F3N6O/c33-32(34,35)26-8-3-24(4-9-26)31(42)38-27-10-5-23(6-11-27)25-7-12-28-29(18-25)39-30(20-37-28)41-16-14-40(15-17-41)21-22-2-1-13-36-19-22/h1-13,18-20H,14-17,21H2,(H,38,42). The summed E-state index contributed by atoms with van der Waals surface area (Å²) in [7, 11) is 0. The Morgan fingerprint density at radius 2 is 1.57 bits per heavy atom. The van der Waals surface area contributed by atoms with Crippen LogP contribution in [0.5, 0.6) is 0 Å². The molecule has 6 rings (SSSR count). The molecule has 42 heavy (non-hydrogen) atoms. The number of carbonyl (C=O) groups is 1. The predicted molar refractivity (Wildman–Crippen MR) is 156 cm³/mol. The number of amides is 1. The monoisotopic (exact) mass is 568 g/mol. The Hall–Kier alpha value is -4.83. The van der Waals surface area contributed by atoms with Crippen LogP contribution in [0.3, 0.4) is 0 Å². The van der Waals surface area contributed by atoms with Crippen molar-refractivity contribution in [1.29, 1.82) is 0 Å². The van der Waals surface area contributed by atoms with E-state index in [1.54, 1.807) is 18.3 Å². The van der Waals surface area contributed by atoms with Crippen LogP contribution < -0.4 is 10.2 Å². The molecule has 212 valence electrons. The average Bonchev–Trinajstić information content (AvgIpc) is 3.01. The van der Waals surface area contributed by atoms with E-state index in [1.165, 1.54) is 17.7 Å². The number of rotatable bonds is 6. The quantitative estimate of drug-likeness (QED) is 0.260. The van der Waals surface area contributed by atoms with E-state index in [0.717, 1.165) is 72.8 Å². The number of piperazine rings is 1. The Labute approximate surface area is 240 Å². The smallest absolute Gasteiger partial charge is 0.353 e. The first-order valence-corrected chi connectivity index (χ1v) is 13.5. The molecule has 1 aliphatic rings. The molecule has 3 aromatic carbocycles. The fraction of sp³-hybridized carbons (Fsp3) is 0.188. The molecule has 0 atom stereocenters. The van der Waals surface area contributed by atoms with Crippen LogP contribution in [-0.2, 0) is 12.7 Å². The maximum Gasteiger partial charge on any atom is 0.416 e. The van der Waals surface area contributed by atoms with E-state index in [1.807, 2.05) is 48.8 Å². The second-order valence-electron chi connectivity index (χ2n) is 10.2. The molecule has 7 nitrogen and oxygen atoms in total. The largest absolute Gasteiger partial charge is 0.416 e. The molecular weight excluding hydrogens is 541 g/mol. The van der Waals surface area contributed by atoms with Gasteiger partial charge in [0.15, 0.2) is 0 Å². The SMILES string of the molecule is O=C(Nc1ccc(-c2ccc3ncc(N4CCN(Cc5cccnc5)CC4)nc3c2)cc1)c1ccc(C(F)(F)F)cc1. The van der Waals surface area contributed by atoms with E-state index in [4.69, 9.17) is 4.98 Å². The lowest BCUT2D eigenvalue weighted by Crippen LogP contribution is -2.46. The number of hydrogen-bond acceptors (Lipinski definition) is 6. The zero-order valence-electron chi connectivity index (χ0n) is 22.6. The van der Waals surface area contributed by atoms with Gasteiger partial charge in [-0.05, 0) is 71.3 Å². The van der Waals surface area contributed by atoms with Gasteiger partial charge in [-0.25, -0.2) is 4.98 Å². The molecule has 10 heteroatoms. The van der Waals surface area contributed by atoms with Crippen LogP contribution in [0.15, 0.2) is 97.5 Å². The number of anilines is 2. The molecule has 0 radical (unpaired) electrons. The maximum absolute atomic E-state index is 12.8. The van der Waals surface area contributed by atoms with Crippen molar-refractivity contribution in [3.63, 3.8) is 0 Å². The second-order valence-corrected chi connectivity index (χ2v) is 10.2. The second kappa shape index (κ2) is 11.6. The Balaban J connectivity index is 1.11. The van der Waals surface area contributed by atoms with Gasteiger partial charge in [-0.2, -0.15) is 13.2 Å². The van der Waals surface area contributed by atoms with Crippen LogP contribution >= 0.6 is 0 Å². The van der Waals surface area contributed by atoms with Gasteiger partial charge < -0.3 is 10.2 Å². The Morgan fingerprint density at radius 1 is 0.833 bits per heavy atom. The van der Waals surface area contributed by atoms with Gasteiger partial charge in [0.1, 0.15) is 5.82 Å². The zero-order chi connectivity index (χ0) is 29.1. The van der Waals surface area contributed by atoms with Crippen molar-refractivity contribution < 1.29 is 18.0 Å². The highest BCUT2D eigenvalue weighted by atomic mass is 19.4. The summed E-state index contributed by atoms with van der Waals surface area (Å²) in [6.07, 6.45) is 1.07. The number of carbonyl (C=O) groups excluding carboxylic acids is 1. The molecule has 0 bridgehead atoms. The van der Waals surface area contributed by atoms with Crippen molar-refractivity contribution in [2.75, 3.05) is 36.4 Å². The van der Waals surface area contributed by atoms with Crippen molar-refractivity contribution in [1.82, 2.24) is 19.9 Å². The van der Waals surface area contributed by atoms with E-state index >= 15 is 0 Å². The lowest BCUT2D eigenvalue weighted by atomic mass is 10.0. The minimum absolute atomic E-state index is 0.144. The van der Waals surface area contributed by atoms with Crippen LogP contribution in [0.2, 0.25) is 0 Å². The van der Waals surface area contributed by atoms with Crippen molar-refractivity contribution in [3.05, 3.63) is 114 Å². The molecule has 1 N–H and O–H groups in total. The van der Waals surface area contributed by atoms with Gasteiger partial charge in [-0.3, -0.25) is 19.7 Å². The van der Waals surface area contributed by atoms with E-state index in [9.17, 15) is 18.0 Å². The Bertz CT molecular complexity index is 1680. The molecule has 0 unspecified atom stereocenters. The van der Waals surface area contributed by atoms with Gasteiger partial charge in [-0.1, -0.05) is 24.3 Å². The summed E-state index contributed by atoms with van der Waals surface area (Å²) >= 11 is 0. The van der Waals surface area contributed by atoms with Gasteiger partial charge in [0.25, 0.3) is 5.91 Å². The summed E-state index contributed by atoms with van der Waals surface area (Å²) < 4.78 is 38.4. The number of halogens is 3. The number of hydrogen-bond donors (Lipinski definition) is 1. The fourth-order valence-corrected chi connectivity index (χ4v) is 4.98. The minimum Gasteiger partial charge on any atom is -0.353 e. The average molecular weight is 569 g/mol. The van der Waals surface area contributed by atoms with Crippen LogP contribution in [0.1, 0.15) is 21.5 Å². The number of nitrogens with one attached hydrogen (secondary N) is 1. The van der Waals surface area contributed by atoms with Gasteiger partial charge in [0, 0.05) is 56.4 Å². The summed E-state index contributed by atoms with van der Waals surface area (Å²) in [5.74, 6) is 0.366. The molecule has 0 aliphatic carbocycles. The number of alkyl halides is 3.